The molecule has 16 heavy (non-hydrogen) atoms. The lowest BCUT2D eigenvalue weighted by atomic mass is 9.87. The van der Waals surface area contributed by atoms with Crippen molar-refractivity contribution in [2.24, 2.45) is 17.6 Å². The first-order chi connectivity index (χ1) is 7.75. The van der Waals surface area contributed by atoms with E-state index in [0.717, 1.165) is 11.8 Å². The average molecular weight is 224 g/mol. The summed E-state index contributed by atoms with van der Waals surface area (Å²) in [4.78, 5) is 2.69. The molecular formula is C14H28N2. The summed E-state index contributed by atoms with van der Waals surface area (Å²) in [6, 6.07) is 0.400. The Balaban J connectivity index is 1.68. The van der Waals surface area contributed by atoms with E-state index in [1.807, 2.05) is 0 Å². The normalized spacial score (nSPS) is 28.1. The van der Waals surface area contributed by atoms with Gasteiger partial charge in [0.2, 0.25) is 0 Å². The largest absolute Gasteiger partial charge is 0.328 e. The fraction of sp³-hybridized carbons (Fsp3) is 1.00. The third kappa shape index (κ3) is 3.46. The number of piperidine rings is 1. The Kier molecular flexibility index (Phi) is 4.66. The standard InChI is InChI=1S/C14H28N2/c1-12(15)14-7-9-16(10-8-14)11-13-5-3-2-4-6-13/h12-14H,2-11,15H2,1H3. The van der Waals surface area contributed by atoms with E-state index in [2.05, 4.69) is 11.8 Å². The van der Waals surface area contributed by atoms with Gasteiger partial charge in [0.25, 0.3) is 0 Å². The number of nitrogens with two attached hydrogens (primary N) is 1. The van der Waals surface area contributed by atoms with E-state index in [1.165, 1.54) is 64.6 Å². The van der Waals surface area contributed by atoms with Gasteiger partial charge in [0.05, 0.1) is 0 Å². The third-order valence-electron chi connectivity index (χ3n) is 4.62. The summed E-state index contributed by atoms with van der Waals surface area (Å²) in [6.07, 6.45) is 10.0. The second-order valence-electron chi connectivity index (χ2n) is 6.00. The van der Waals surface area contributed by atoms with E-state index in [9.17, 15) is 0 Å². The zero-order valence-corrected chi connectivity index (χ0v) is 10.8. The maximum atomic E-state index is 5.98. The molecule has 0 amide bonds. The minimum absolute atomic E-state index is 0.400. The number of rotatable bonds is 3. The number of likely N-dealkylation sites (tertiary alicyclic amines) is 1. The summed E-state index contributed by atoms with van der Waals surface area (Å²) in [7, 11) is 0. The van der Waals surface area contributed by atoms with E-state index in [4.69, 9.17) is 5.73 Å². The lowest BCUT2D eigenvalue weighted by Gasteiger charge is -2.36. The molecule has 0 bridgehead atoms. The zero-order valence-electron chi connectivity index (χ0n) is 10.8. The van der Waals surface area contributed by atoms with Crippen LogP contribution < -0.4 is 5.73 Å². The highest BCUT2D eigenvalue weighted by molar-refractivity contribution is 4.79. The molecule has 2 nitrogen and oxygen atoms in total. The molecule has 2 N–H and O–H groups in total. The fourth-order valence-corrected chi connectivity index (χ4v) is 3.40. The molecule has 94 valence electrons. The minimum atomic E-state index is 0.400. The van der Waals surface area contributed by atoms with Crippen LogP contribution in [0.15, 0.2) is 0 Å². The Labute approximate surface area is 101 Å². The Bertz CT molecular complexity index is 189. The molecule has 0 spiro atoms. The van der Waals surface area contributed by atoms with Gasteiger partial charge >= 0.3 is 0 Å². The van der Waals surface area contributed by atoms with Crippen molar-refractivity contribution in [2.75, 3.05) is 19.6 Å². The molecule has 1 heterocycles. The van der Waals surface area contributed by atoms with Crippen LogP contribution in [-0.4, -0.2) is 30.6 Å². The van der Waals surface area contributed by atoms with Crippen molar-refractivity contribution in [2.45, 2.75) is 57.9 Å². The molecule has 2 heteroatoms. The quantitative estimate of drug-likeness (QED) is 0.798. The van der Waals surface area contributed by atoms with Crippen LogP contribution in [-0.2, 0) is 0 Å². The Hall–Kier alpha value is -0.0800. The van der Waals surface area contributed by atoms with Crippen molar-refractivity contribution < 1.29 is 0 Å². The van der Waals surface area contributed by atoms with E-state index in [-0.39, 0.29) is 0 Å². The van der Waals surface area contributed by atoms with Gasteiger partial charge < -0.3 is 10.6 Å². The molecule has 0 aromatic rings. The molecule has 1 unspecified atom stereocenters. The maximum Gasteiger partial charge on any atom is 0.00397 e. The second-order valence-corrected chi connectivity index (χ2v) is 6.00. The van der Waals surface area contributed by atoms with Crippen LogP contribution in [0.4, 0.5) is 0 Å². The summed E-state index contributed by atoms with van der Waals surface area (Å²) in [5.74, 6) is 1.78. The molecule has 2 aliphatic rings. The van der Waals surface area contributed by atoms with Gasteiger partial charge in [-0.1, -0.05) is 19.3 Å². The zero-order chi connectivity index (χ0) is 11.4. The van der Waals surface area contributed by atoms with Crippen molar-refractivity contribution in [3.63, 3.8) is 0 Å². The molecule has 0 aromatic carbocycles. The smallest absolute Gasteiger partial charge is 0.00397 e. The summed E-state index contributed by atoms with van der Waals surface area (Å²) >= 11 is 0. The average Bonchev–Trinajstić information content (AvgIpc) is 2.31. The molecule has 2 rings (SSSR count). The highest BCUT2D eigenvalue weighted by Gasteiger charge is 2.24. The van der Waals surface area contributed by atoms with Crippen molar-refractivity contribution in [1.29, 1.82) is 0 Å². The maximum absolute atomic E-state index is 5.98. The van der Waals surface area contributed by atoms with Crippen LogP contribution >= 0.6 is 0 Å². The molecule has 0 radical (unpaired) electrons. The highest BCUT2D eigenvalue weighted by atomic mass is 15.1. The SMILES string of the molecule is CC(N)C1CCN(CC2CCCCC2)CC1. The van der Waals surface area contributed by atoms with Crippen molar-refractivity contribution in [1.82, 2.24) is 4.90 Å². The van der Waals surface area contributed by atoms with E-state index in [1.54, 1.807) is 0 Å². The van der Waals surface area contributed by atoms with Gasteiger partial charge in [0, 0.05) is 12.6 Å². The van der Waals surface area contributed by atoms with Crippen molar-refractivity contribution in [3.8, 4) is 0 Å². The summed E-state index contributed by atoms with van der Waals surface area (Å²) < 4.78 is 0. The van der Waals surface area contributed by atoms with Gasteiger partial charge in [-0.15, -0.1) is 0 Å². The van der Waals surface area contributed by atoms with Crippen LogP contribution in [0.25, 0.3) is 0 Å². The van der Waals surface area contributed by atoms with Gasteiger partial charge in [0.1, 0.15) is 0 Å². The second kappa shape index (κ2) is 6.02. The monoisotopic (exact) mass is 224 g/mol. The minimum Gasteiger partial charge on any atom is -0.328 e. The lowest BCUT2D eigenvalue weighted by molar-refractivity contribution is 0.138. The first kappa shape index (κ1) is 12.4. The van der Waals surface area contributed by atoms with Gasteiger partial charge in [-0.3, -0.25) is 0 Å². The Morgan fingerprint density at radius 1 is 1.06 bits per heavy atom. The van der Waals surface area contributed by atoms with Gasteiger partial charge in [-0.25, -0.2) is 0 Å². The van der Waals surface area contributed by atoms with Crippen molar-refractivity contribution >= 4 is 0 Å². The first-order valence-electron chi connectivity index (χ1n) is 7.23. The molecule has 1 aliphatic heterocycles. The molecule has 0 aromatic heterocycles. The van der Waals surface area contributed by atoms with Crippen molar-refractivity contribution in [3.05, 3.63) is 0 Å². The molecule has 1 atom stereocenters. The Morgan fingerprint density at radius 3 is 2.25 bits per heavy atom. The predicted molar refractivity (Wildman–Crippen MR) is 69.4 cm³/mol. The van der Waals surface area contributed by atoms with Gasteiger partial charge in [-0.05, 0) is 57.5 Å². The highest BCUT2D eigenvalue weighted by Crippen LogP contribution is 2.26. The van der Waals surface area contributed by atoms with Crippen LogP contribution in [0.5, 0.6) is 0 Å². The van der Waals surface area contributed by atoms with E-state index in [0.29, 0.717) is 6.04 Å². The number of hydrogen-bond donors (Lipinski definition) is 1. The van der Waals surface area contributed by atoms with E-state index >= 15 is 0 Å². The summed E-state index contributed by atoms with van der Waals surface area (Å²) in [6.45, 7) is 6.12. The summed E-state index contributed by atoms with van der Waals surface area (Å²) in [5, 5.41) is 0. The molecule has 1 aliphatic carbocycles. The predicted octanol–water partition coefficient (Wildman–Crippen LogP) is 2.63. The van der Waals surface area contributed by atoms with Crippen LogP contribution in [0, 0.1) is 11.8 Å². The lowest BCUT2D eigenvalue weighted by Crippen LogP contribution is -2.41. The topological polar surface area (TPSA) is 29.3 Å². The molecular weight excluding hydrogens is 196 g/mol. The number of hydrogen-bond acceptors (Lipinski definition) is 2. The Morgan fingerprint density at radius 2 is 1.69 bits per heavy atom. The first-order valence-corrected chi connectivity index (χ1v) is 7.23. The van der Waals surface area contributed by atoms with Crippen LogP contribution in [0.3, 0.4) is 0 Å². The molecule has 2 fully saturated rings. The van der Waals surface area contributed by atoms with Gasteiger partial charge in [0.15, 0.2) is 0 Å². The molecule has 1 saturated carbocycles. The van der Waals surface area contributed by atoms with Crippen LogP contribution in [0.1, 0.15) is 51.9 Å². The summed E-state index contributed by atoms with van der Waals surface area (Å²) in [5.41, 5.74) is 5.98. The fourth-order valence-electron chi connectivity index (χ4n) is 3.40. The van der Waals surface area contributed by atoms with Crippen LogP contribution in [0.2, 0.25) is 0 Å². The molecule has 1 saturated heterocycles. The van der Waals surface area contributed by atoms with Gasteiger partial charge in [-0.2, -0.15) is 0 Å². The third-order valence-corrected chi connectivity index (χ3v) is 4.62. The van der Waals surface area contributed by atoms with E-state index < -0.39 is 0 Å². The number of nitrogens with zero attached hydrogens (tertiary/aromatic N) is 1.